The highest BCUT2D eigenvalue weighted by Crippen LogP contribution is 2.66. The lowest BCUT2D eigenvalue weighted by Gasteiger charge is -2.61. The third kappa shape index (κ3) is 27.2. The zero-order chi connectivity index (χ0) is 111. The molecule has 0 aromatic heterocycles. The minimum Gasteiger partial charge on any atom is -0.465 e. The third-order valence-electron chi connectivity index (χ3n) is 38.5. The average Bonchev–Trinajstić information content (AvgIpc) is 1.65. The third-order valence-corrected chi connectivity index (χ3v) is 39.7. The molecule has 34 heteroatoms. The molecule has 30 nitrogen and oxygen atoms in total. The molecule has 1 N–H and O–H groups in total. The Morgan fingerprint density at radius 1 is 0.365 bits per heavy atom. The summed E-state index contributed by atoms with van der Waals surface area (Å²) in [6, 6.07) is 0. The average molecular weight is 2120 g/mol. The van der Waals surface area contributed by atoms with Gasteiger partial charge in [-0.1, -0.05) is 69.2 Å². The number of sulfonamides is 1. The summed E-state index contributed by atoms with van der Waals surface area (Å²) in [4.78, 5) is 167. The Balaban J connectivity index is 0.000000174. The van der Waals surface area contributed by atoms with Gasteiger partial charge < -0.3 is 61.6 Å². The normalized spacial score (nSPS) is 31.8. The van der Waals surface area contributed by atoms with Crippen molar-refractivity contribution in [1.82, 2.24) is 4.72 Å². The summed E-state index contributed by atoms with van der Waals surface area (Å²) >= 11 is 0. The number of fused-ring (bicyclic) bond motifs is 8. The van der Waals surface area contributed by atoms with Crippen molar-refractivity contribution in [2.75, 3.05) is 19.8 Å². The van der Waals surface area contributed by atoms with Gasteiger partial charge in [0.05, 0.1) is 79.5 Å². The Hall–Kier alpha value is -7.52. The molecule has 0 amide bonds. The summed E-state index contributed by atoms with van der Waals surface area (Å²) in [6.07, 6.45) is 30.2. The van der Waals surface area contributed by atoms with Gasteiger partial charge in [0.15, 0.2) is 6.61 Å². The van der Waals surface area contributed by atoms with Crippen molar-refractivity contribution in [3.05, 3.63) is 0 Å². The number of rotatable bonds is 33. The van der Waals surface area contributed by atoms with E-state index in [0.29, 0.717) is 61.2 Å². The Morgan fingerprint density at radius 2 is 0.676 bits per heavy atom. The molecule has 14 aliphatic carbocycles. The molecule has 4 saturated heterocycles. The van der Waals surface area contributed by atoms with Crippen LogP contribution in [-0.2, 0) is 139 Å². The number of nitrogens with one attached hydrogen (secondary N) is 1. The number of hydrogen-bond acceptors (Lipinski definition) is 29. The van der Waals surface area contributed by atoms with E-state index in [-0.39, 0.29) is 177 Å². The molecule has 18 aliphatic rings. The fraction of sp³-hybridized carbons (Fsp3) is 0.877. The largest absolute Gasteiger partial charge is 0.511 e. The molecular weight excluding hydrogens is 1940 g/mol. The first kappa shape index (κ1) is 122. The van der Waals surface area contributed by atoms with Crippen molar-refractivity contribution in [3.8, 4) is 0 Å². The van der Waals surface area contributed by atoms with Crippen LogP contribution in [0.4, 0.5) is 13.2 Å². The van der Waals surface area contributed by atoms with Gasteiger partial charge in [0.2, 0.25) is 0 Å². The van der Waals surface area contributed by atoms with Crippen molar-refractivity contribution in [3.63, 3.8) is 0 Å². The molecule has 18 rings (SSSR count). The maximum atomic E-state index is 12.6. The topological polar surface area (TPSA) is 405 Å². The summed E-state index contributed by atoms with van der Waals surface area (Å²) in [5.41, 5.74) is -9.35. The molecule has 4 heterocycles. The van der Waals surface area contributed by atoms with Gasteiger partial charge in [-0.15, -0.1) is 0 Å². The smallest absolute Gasteiger partial charge is 0.465 e. The quantitative estimate of drug-likeness (QED) is 0.0276. The minimum absolute atomic E-state index is 0.00857. The number of cyclic esters (lactones) is 2. The molecule has 12 bridgehead atoms. The Labute approximate surface area is 877 Å². The van der Waals surface area contributed by atoms with Crippen LogP contribution in [0.3, 0.4) is 0 Å². The van der Waals surface area contributed by atoms with Crippen LogP contribution in [0.2, 0.25) is 0 Å². The Kier molecular flexibility index (Phi) is 39.2. The molecule has 0 aromatic rings. The standard InChI is InChI=1S/C19H32O2.C17H22O7.3C14H20O4.2C13H24O2.C10H18F3NO4S/c1-6-17(2,3)16(20)21-18(4,5)19-10-13-7-14(11-19)9-15(8-13)12-19;1-4-17(2,3)16(21)22-7-11(18)23-10-6-8-5-9(10)13-12(8)14(19)24-15(13)20;3*1-4-14(2,3)13(16)18-10-7-5-8-9(6-7)12(15)17-11(8)10;2*1-5-12(3,4)11(14)15-13(6-2)9-7-8-10-13;1-4-9(2,3)8(15)18-7-5-6-14-19(16,17)10(11,12)13/h13-15H,6-12H2,1-5H3;8-10,12-13H,4-7H2,1-3H3;3*7-11H,4-6H2,1-3H3;2*5-10H2,1-4H3;14H,4-7H2,1-3H3. The predicted molar refractivity (Wildman–Crippen MR) is 541 cm³/mol. The second-order valence-corrected chi connectivity index (χ2v) is 53.5. The van der Waals surface area contributed by atoms with Gasteiger partial charge in [-0.05, 0) is 360 Å². The summed E-state index contributed by atoms with van der Waals surface area (Å²) < 4.78 is 129. The van der Waals surface area contributed by atoms with Gasteiger partial charge in [0.25, 0.3) is 0 Å². The zero-order valence-corrected chi connectivity index (χ0v) is 94.9. The number of carbonyl (C=O) groups excluding carboxylic acids is 14. The van der Waals surface area contributed by atoms with E-state index in [1.165, 1.54) is 68.9 Å². The monoisotopic (exact) mass is 2120 g/mol. The van der Waals surface area contributed by atoms with E-state index >= 15 is 0 Å². The van der Waals surface area contributed by atoms with E-state index in [0.717, 1.165) is 133 Å². The van der Waals surface area contributed by atoms with E-state index in [1.54, 1.807) is 34.6 Å². The van der Waals surface area contributed by atoms with Gasteiger partial charge >= 0.3 is 99.1 Å². The first-order valence-electron chi connectivity index (χ1n) is 55.9. The second-order valence-electron chi connectivity index (χ2n) is 51.7. The number of esters is 14. The maximum absolute atomic E-state index is 12.6. The summed E-state index contributed by atoms with van der Waals surface area (Å²) in [7, 11) is -5.32. The zero-order valence-electron chi connectivity index (χ0n) is 94.1. The van der Waals surface area contributed by atoms with Crippen molar-refractivity contribution in [2.24, 2.45) is 143 Å². The van der Waals surface area contributed by atoms with Crippen LogP contribution in [0.25, 0.3) is 0 Å². The van der Waals surface area contributed by atoms with Crippen LogP contribution in [0.15, 0.2) is 0 Å². The van der Waals surface area contributed by atoms with Crippen molar-refractivity contribution in [2.45, 2.75) is 471 Å². The maximum Gasteiger partial charge on any atom is 0.511 e. The van der Waals surface area contributed by atoms with Crippen LogP contribution in [0, 0.1) is 143 Å². The number of hydrogen-bond donors (Lipinski definition) is 1. The highest BCUT2D eigenvalue weighted by Gasteiger charge is 2.69. The molecule has 18 fully saturated rings. The lowest BCUT2D eigenvalue weighted by Crippen LogP contribution is -2.58. The highest BCUT2D eigenvalue weighted by molar-refractivity contribution is 7.90. The molecule has 20 unspecified atom stereocenters. The van der Waals surface area contributed by atoms with Crippen LogP contribution in [0.1, 0.15) is 406 Å². The summed E-state index contributed by atoms with van der Waals surface area (Å²) in [5, 5.41) is 0. The molecule has 0 aromatic carbocycles. The van der Waals surface area contributed by atoms with Crippen LogP contribution >= 0.6 is 0 Å². The van der Waals surface area contributed by atoms with Gasteiger partial charge in [0.1, 0.15) is 59.5 Å². The van der Waals surface area contributed by atoms with Crippen LogP contribution in [0.5, 0.6) is 0 Å². The van der Waals surface area contributed by atoms with Crippen molar-refractivity contribution >= 4 is 93.6 Å². The Bertz CT molecular complexity index is 4590. The van der Waals surface area contributed by atoms with E-state index in [1.807, 2.05) is 125 Å². The van der Waals surface area contributed by atoms with E-state index < -0.39 is 97.6 Å². The second kappa shape index (κ2) is 47.4. The first-order chi connectivity index (χ1) is 68.6. The lowest BCUT2D eigenvalue weighted by atomic mass is 9.46. The van der Waals surface area contributed by atoms with Crippen molar-refractivity contribution in [1.29, 1.82) is 0 Å². The number of halogens is 3. The predicted octanol–water partition coefficient (Wildman–Crippen LogP) is 21.1. The molecule has 0 radical (unpaired) electrons. The van der Waals surface area contributed by atoms with E-state index in [2.05, 4.69) is 34.6 Å². The molecule has 0 spiro atoms. The molecule has 842 valence electrons. The van der Waals surface area contributed by atoms with E-state index in [9.17, 15) is 88.7 Å². The molecular formula is C114H180F3NO29S. The number of ether oxygens (including phenoxy) is 13. The molecule has 4 aliphatic heterocycles. The number of alkyl halides is 3. The molecule has 20 atom stereocenters. The van der Waals surface area contributed by atoms with Crippen LogP contribution in [-0.4, -0.2) is 177 Å². The summed E-state index contributed by atoms with van der Waals surface area (Å²) in [5.74, 6) is 0.506. The van der Waals surface area contributed by atoms with Crippen molar-refractivity contribution < 1.29 is 150 Å². The minimum atomic E-state index is -5.33. The molecule has 148 heavy (non-hydrogen) atoms. The number of carbonyl (C=O) groups is 14. The summed E-state index contributed by atoms with van der Waals surface area (Å²) in [6.45, 7) is 53.5. The fourth-order valence-corrected chi connectivity index (χ4v) is 25.4. The lowest BCUT2D eigenvalue weighted by molar-refractivity contribution is -0.206. The molecule has 14 saturated carbocycles. The van der Waals surface area contributed by atoms with Gasteiger partial charge in [-0.25, -0.2) is 17.9 Å². The fourth-order valence-electron chi connectivity index (χ4n) is 24.9. The van der Waals surface area contributed by atoms with Crippen LogP contribution < -0.4 is 4.72 Å². The van der Waals surface area contributed by atoms with Gasteiger partial charge in [-0.2, -0.15) is 13.2 Å². The highest BCUT2D eigenvalue weighted by atomic mass is 32.2. The SMILES string of the molecule is CCC(C)(C)C(=O)OC(C)(C)C12CC3CC(CC(C3)C1)C2.CCC(C)(C)C(=O)OC1C2CC3C(=O)OC1C3C2.CCC(C)(C)C(=O)OC1C2CC3C(=O)OC1C3C2.CCC(C)(C)C(=O)OC1C2CC3C(=O)OC1C3C2.CCC(C)(C)C(=O)OCC(=O)OC1CC2CC1C1C(=O)OC(=O)C21.CCC(C)(C)C(=O)OCCCNS(=O)(=O)C(F)(F)F.CCC1(OC(=O)C(C)(C)CC)CCCC1.CCC1(OC(=O)C(C)(C)CC)CCCC1. The van der Waals surface area contributed by atoms with E-state index in [4.69, 9.17) is 61.6 Å². The first-order valence-corrected chi connectivity index (χ1v) is 57.4. The Morgan fingerprint density at radius 3 is 1.01 bits per heavy atom. The van der Waals surface area contributed by atoms with Gasteiger partial charge in [-0.3, -0.25) is 62.3 Å². The van der Waals surface area contributed by atoms with Gasteiger partial charge in [0, 0.05) is 53.4 Å².